The third kappa shape index (κ3) is 4.03. The van der Waals surface area contributed by atoms with Crippen molar-refractivity contribution in [2.45, 2.75) is 18.8 Å². The Morgan fingerprint density at radius 3 is 2.48 bits per heavy atom. The van der Waals surface area contributed by atoms with Gasteiger partial charge in [-0.1, -0.05) is 30.3 Å². The summed E-state index contributed by atoms with van der Waals surface area (Å²) >= 11 is 0. The molecule has 152 valence electrons. The van der Waals surface area contributed by atoms with Crippen molar-refractivity contribution in [2.24, 2.45) is 5.41 Å². The van der Waals surface area contributed by atoms with Crippen LogP contribution in [0.3, 0.4) is 0 Å². The molecule has 2 aromatic carbocycles. The van der Waals surface area contributed by atoms with E-state index in [1.165, 1.54) is 12.1 Å². The van der Waals surface area contributed by atoms with Gasteiger partial charge in [0.05, 0.1) is 5.41 Å². The summed E-state index contributed by atoms with van der Waals surface area (Å²) in [6.45, 7) is 3.57. The van der Waals surface area contributed by atoms with Crippen molar-refractivity contribution in [3.05, 3.63) is 71.5 Å². The zero-order valence-electron chi connectivity index (χ0n) is 16.4. The van der Waals surface area contributed by atoms with E-state index in [0.29, 0.717) is 18.7 Å². The number of hydrogen-bond acceptors (Lipinski definition) is 3. The molecule has 2 saturated heterocycles. The maximum absolute atomic E-state index is 13.3. The molecule has 2 amide bonds. The summed E-state index contributed by atoms with van der Waals surface area (Å²) < 4.78 is 13.3. The smallest absolute Gasteiger partial charge is 0.251 e. The van der Waals surface area contributed by atoms with Gasteiger partial charge in [0.1, 0.15) is 5.82 Å². The second-order valence-corrected chi connectivity index (χ2v) is 7.93. The fourth-order valence-corrected chi connectivity index (χ4v) is 4.63. The summed E-state index contributed by atoms with van der Waals surface area (Å²) in [7, 11) is 0. The molecule has 0 aliphatic carbocycles. The van der Waals surface area contributed by atoms with Crippen LogP contribution in [0.2, 0.25) is 0 Å². The van der Waals surface area contributed by atoms with Crippen molar-refractivity contribution in [3.63, 3.8) is 0 Å². The second kappa shape index (κ2) is 8.33. The van der Waals surface area contributed by atoms with Gasteiger partial charge in [-0.2, -0.15) is 0 Å². The molecule has 0 saturated carbocycles. The highest BCUT2D eigenvalue weighted by Gasteiger charge is 2.51. The van der Waals surface area contributed by atoms with E-state index < -0.39 is 5.41 Å². The van der Waals surface area contributed by atoms with Gasteiger partial charge in [-0.15, -0.1) is 0 Å². The standard InChI is InChI=1S/C23H26FN3O2/c24-19-8-6-17(7-9-19)20-16-26-22(29)23(20)10-13-27(14-11-23)15-12-25-21(28)18-4-2-1-3-5-18/h1-9,20H,10-16H2,(H,25,28)(H,26,29)/t20-/m1/s1. The summed E-state index contributed by atoms with van der Waals surface area (Å²) in [6.07, 6.45) is 1.54. The molecular formula is C23H26FN3O2. The van der Waals surface area contributed by atoms with Crippen LogP contribution in [0.4, 0.5) is 4.39 Å². The molecule has 2 aliphatic heterocycles. The van der Waals surface area contributed by atoms with E-state index in [1.54, 1.807) is 24.3 Å². The summed E-state index contributed by atoms with van der Waals surface area (Å²) in [5.74, 6) is -0.127. The lowest BCUT2D eigenvalue weighted by Crippen LogP contribution is -2.47. The summed E-state index contributed by atoms with van der Waals surface area (Å²) in [5, 5.41) is 5.99. The number of hydrogen-bond donors (Lipinski definition) is 2. The number of amides is 2. The van der Waals surface area contributed by atoms with E-state index >= 15 is 0 Å². The maximum atomic E-state index is 13.3. The van der Waals surface area contributed by atoms with Crippen molar-refractivity contribution in [2.75, 3.05) is 32.7 Å². The minimum atomic E-state index is -0.415. The van der Waals surface area contributed by atoms with Crippen LogP contribution < -0.4 is 10.6 Å². The molecule has 0 bridgehead atoms. The van der Waals surface area contributed by atoms with Gasteiger partial charge in [-0.05, 0) is 55.8 Å². The molecule has 6 heteroatoms. The monoisotopic (exact) mass is 395 g/mol. The lowest BCUT2D eigenvalue weighted by molar-refractivity contribution is -0.130. The lowest BCUT2D eigenvalue weighted by Gasteiger charge is -2.41. The Labute approximate surface area is 170 Å². The number of carbonyl (C=O) groups excluding carboxylic acids is 2. The highest BCUT2D eigenvalue weighted by molar-refractivity contribution is 5.94. The number of benzene rings is 2. The predicted molar refractivity (Wildman–Crippen MR) is 109 cm³/mol. The Balaban J connectivity index is 1.32. The molecule has 2 N–H and O–H groups in total. The number of nitrogens with zero attached hydrogens (tertiary/aromatic N) is 1. The minimum Gasteiger partial charge on any atom is -0.355 e. The number of piperidine rings is 1. The number of rotatable bonds is 5. The van der Waals surface area contributed by atoms with Crippen molar-refractivity contribution >= 4 is 11.8 Å². The van der Waals surface area contributed by atoms with Crippen molar-refractivity contribution in [1.82, 2.24) is 15.5 Å². The Morgan fingerprint density at radius 1 is 1.10 bits per heavy atom. The van der Waals surface area contributed by atoms with Gasteiger partial charge >= 0.3 is 0 Å². The van der Waals surface area contributed by atoms with Gasteiger partial charge in [0, 0.05) is 31.1 Å². The first kappa shape index (κ1) is 19.6. The molecule has 1 atom stereocenters. The van der Waals surface area contributed by atoms with E-state index in [0.717, 1.165) is 38.0 Å². The van der Waals surface area contributed by atoms with Crippen molar-refractivity contribution in [1.29, 1.82) is 0 Å². The highest BCUT2D eigenvalue weighted by Crippen LogP contribution is 2.47. The SMILES string of the molecule is O=C(NCCN1CCC2(CC1)C(=O)NC[C@@H]2c1ccc(F)cc1)c1ccccc1. The van der Waals surface area contributed by atoms with E-state index in [-0.39, 0.29) is 23.5 Å². The first-order valence-electron chi connectivity index (χ1n) is 10.2. The average Bonchev–Trinajstić information content (AvgIpc) is 3.06. The molecule has 0 unspecified atom stereocenters. The fraction of sp³-hybridized carbons (Fsp3) is 0.391. The lowest BCUT2D eigenvalue weighted by atomic mass is 9.68. The van der Waals surface area contributed by atoms with Gasteiger partial charge in [0.2, 0.25) is 5.91 Å². The van der Waals surface area contributed by atoms with Crippen molar-refractivity contribution < 1.29 is 14.0 Å². The van der Waals surface area contributed by atoms with E-state index in [9.17, 15) is 14.0 Å². The Morgan fingerprint density at radius 2 is 1.79 bits per heavy atom. The molecule has 2 aliphatic rings. The molecule has 2 fully saturated rings. The number of halogens is 1. The van der Waals surface area contributed by atoms with Gasteiger partial charge in [-0.25, -0.2) is 4.39 Å². The zero-order chi connectivity index (χ0) is 20.3. The fourth-order valence-electron chi connectivity index (χ4n) is 4.63. The molecule has 0 aromatic heterocycles. The second-order valence-electron chi connectivity index (χ2n) is 7.93. The third-order valence-corrected chi connectivity index (χ3v) is 6.36. The maximum Gasteiger partial charge on any atom is 0.251 e. The molecular weight excluding hydrogens is 369 g/mol. The Hall–Kier alpha value is -2.73. The van der Waals surface area contributed by atoms with E-state index in [2.05, 4.69) is 15.5 Å². The Kier molecular flexibility index (Phi) is 5.62. The zero-order valence-corrected chi connectivity index (χ0v) is 16.4. The number of nitrogens with one attached hydrogen (secondary N) is 2. The number of likely N-dealkylation sites (tertiary alicyclic amines) is 1. The largest absolute Gasteiger partial charge is 0.355 e. The topological polar surface area (TPSA) is 61.4 Å². The molecule has 4 rings (SSSR count). The Bertz CT molecular complexity index is 861. The first-order valence-corrected chi connectivity index (χ1v) is 10.2. The predicted octanol–water partition coefficient (Wildman–Crippen LogP) is 2.55. The quantitative estimate of drug-likeness (QED) is 0.818. The summed E-state index contributed by atoms with van der Waals surface area (Å²) in [6, 6.07) is 15.7. The van der Waals surface area contributed by atoms with Gasteiger partial charge in [-0.3, -0.25) is 9.59 Å². The molecule has 5 nitrogen and oxygen atoms in total. The summed E-state index contributed by atoms with van der Waals surface area (Å²) in [5.41, 5.74) is 1.27. The minimum absolute atomic E-state index is 0.0642. The third-order valence-electron chi connectivity index (χ3n) is 6.36. The van der Waals surface area contributed by atoms with Crippen LogP contribution in [0.25, 0.3) is 0 Å². The highest BCUT2D eigenvalue weighted by atomic mass is 19.1. The number of carbonyl (C=O) groups is 2. The van der Waals surface area contributed by atoms with Crippen LogP contribution >= 0.6 is 0 Å². The molecule has 2 aromatic rings. The molecule has 0 radical (unpaired) electrons. The molecule has 2 heterocycles. The first-order chi connectivity index (χ1) is 14.1. The van der Waals surface area contributed by atoms with Gasteiger partial charge in [0.15, 0.2) is 0 Å². The molecule has 1 spiro atoms. The summed E-state index contributed by atoms with van der Waals surface area (Å²) in [4.78, 5) is 27.2. The van der Waals surface area contributed by atoms with E-state index in [4.69, 9.17) is 0 Å². The van der Waals surface area contributed by atoms with Crippen LogP contribution in [0.5, 0.6) is 0 Å². The van der Waals surface area contributed by atoms with Crippen molar-refractivity contribution in [3.8, 4) is 0 Å². The van der Waals surface area contributed by atoms with Gasteiger partial charge in [0.25, 0.3) is 5.91 Å². The van der Waals surface area contributed by atoms with Crippen LogP contribution in [0.1, 0.15) is 34.7 Å². The average molecular weight is 395 g/mol. The van der Waals surface area contributed by atoms with Crippen LogP contribution in [-0.2, 0) is 4.79 Å². The molecule has 29 heavy (non-hydrogen) atoms. The van der Waals surface area contributed by atoms with Crippen LogP contribution in [0, 0.1) is 11.2 Å². The van der Waals surface area contributed by atoms with E-state index in [1.807, 2.05) is 18.2 Å². The normalized spacial score (nSPS) is 21.1. The van der Waals surface area contributed by atoms with Gasteiger partial charge < -0.3 is 15.5 Å². The van der Waals surface area contributed by atoms with Crippen LogP contribution in [-0.4, -0.2) is 49.4 Å². The van der Waals surface area contributed by atoms with Crippen LogP contribution in [0.15, 0.2) is 54.6 Å².